The molecule has 4 heterocycles. The first kappa shape index (κ1) is 18.5. The van der Waals surface area contributed by atoms with Gasteiger partial charge < -0.3 is 15.5 Å². The number of nitrogens with one attached hydrogen (secondary N) is 2. The topological polar surface area (TPSA) is 105 Å². The highest BCUT2D eigenvalue weighted by atomic mass is 16.2. The van der Waals surface area contributed by atoms with Crippen molar-refractivity contribution in [2.45, 2.75) is 38.8 Å². The molecule has 1 fully saturated rings. The van der Waals surface area contributed by atoms with E-state index < -0.39 is 5.66 Å². The Kier molecular flexibility index (Phi) is 4.19. The van der Waals surface area contributed by atoms with Crippen LogP contribution in [0.15, 0.2) is 30.3 Å². The first-order valence-corrected chi connectivity index (χ1v) is 10.1. The number of fused-ring (bicyclic) bond motifs is 2. The first-order chi connectivity index (χ1) is 14.4. The normalized spacial score (nSPS) is 20.7. The number of hydrogen-bond donors (Lipinski definition) is 2. The molecule has 30 heavy (non-hydrogen) atoms. The van der Waals surface area contributed by atoms with Gasteiger partial charge in [0.2, 0.25) is 5.91 Å². The van der Waals surface area contributed by atoms with Crippen molar-refractivity contribution in [2.75, 3.05) is 18.4 Å². The van der Waals surface area contributed by atoms with Crippen molar-refractivity contribution in [3.63, 3.8) is 0 Å². The predicted octanol–water partition coefficient (Wildman–Crippen LogP) is 1.46. The van der Waals surface area contributed by atoms with Gasteiger partial charge in [-0.3, -0.25) is 9.59 Å². The quantitative estimate of drug-likeness (QED) is 0.669. The molecule has 9 heteroatoms. The third-order valence-corrected chi connectivity index (χ3v) is 5.71. The summed E-state index contributed by atoms with van der Waals surface area (Å²) in [6, 6.07) is 9.36. The second-order valence-electron chi connectivity index (χ2n) is 8.08. The van der Waals surface area contributed by atoms with Crippen molar-refractivity contribution in [1.29, 1.82) is 0 Å². The largest absolute Gasteiger partial charge is 0.361 e. The average Bonchev–Trinajstić information content (AvgIpc) is 3.10. The molecule has 1 spiro atoms. The van der Waals surface area contributed by atoms with Crippen LogP contribution in [0.5, 0.6) is 0 Å². The maximum atomic E-state index is 13.0. The van der Waals surface area contributed by atoms with Crippen LogP contribution in [0.1, 0.15) is 40.4 Å². The number of para-hydroxylation sites is 1. The highest BCUT2D eigenvalue weighted by Crippen LogP contribution is 2.30. The van der Waals surface area contributed by atoms with Crippen LogP contribution in [0.2, 0.25) is 0 Å². The minimum Gasteiger partial charge on any atom is -0.361 e. The minimum absolute atomic E-state index is 0.0609. The lowest BCUT2D eigenvalue weighted by molar-refractivity contribution is -0.132. The molecule has 0 bridgehead atoms. The monoisotopic (exact) mass is 405 g/mol. The fourth-order valence-electron chi connectivity index (χ4n) is 4.37. The van der Waals surface area contributed by atoms with Crippen LogP contribution in [0.3, 0.4) is 0 Å². The van der Waals surface area contributed by atoms with Crippen LogP contribution in [-0.2, 0) is 11.2 Å². The first-order valence-electron chi connectivity index (χ1n) is 10.1. The molecule has 9 nitrogen and oxygen atoms in total. The number of benzene rings is 1. The van der Waals surface area contributed by atoms with Crippen LogP contribution in [-0.4, -0.2) is 55.0 Å². The summed E-state index contributed by atoms with van der Waals surface area (Å²) in [4.78, 5) is 36.2. The van der Waals surface area contributed by atoms with Crippen LogP contribution in [0.25, 0.3) is 5.78 Å². The molecular formula is C21H23N7O2. The van der Waals surface area contributed by atoms with Crippen LogP contribution >= 0.6 is 0 Å². The Morgan fingerprint density at radius 2 is 2.03 bits per heavy atom. The molecule has 1 aromatic carbocycles. The highest BCUT2D eigenvalue weighted by Gasteiger charge is 2.42. The second kappa shape index (κ2) is 6.79. The third-order valence-electron chi connectivity index (χ3n) is 5.71. The number of likely N-dealkylation sites (tertiary alicyclic amines) is 1. The molecule has 5 rings (SSSR count). The molecule has 154 valence electrons. The van der Waals surface area contributed by atoms with Crippen molar-refractivity contribution < 1.29 is 9.59 Å². The van der Waals surface area contributed by atoms with Crippen molar-refractivity contribution in [3.8, 4) is 0 Å². The lowest BCUT2D eigenvalue weighted by Gasteiger charge is -2.46. The smallest absolute Gasteiger partial charge is 0.255 e. The Balaban J connectivity index is 1.35. The summed E-state index contributed by atoms with van der Waals surface area (Å²) < 4.78 is 1.66. The predicted molar refractivity (Wildman–Crippen MR) is 110 cm³/mol. The van der Waals surface area contributed by atoms with Crippen molar-refractivity contribution in [2.24, 2.45) is 0 Å². The number of piperidine rings is 1. The molecule has 2 amide bonds. The zero-order valence-corrected chi connectivity index (χ0v) is 17.0. The van der Waals surface area contributed by atoms with Gasteiger partial charge >= 0.3 is 0 Å². The van der Waals surface area contributed by atoms with E-state index in [-0.39, 0.29) is 18.2 Å². The summed E-state index contributed by atoms with van der Waals surface area (Å²) >= 11 is 0. The van der Waals surface area contributed by atoms with Crippen LogP contribution in [0, 0.1) is 13.8 Å². The molecule has 0 saturated carbocycles. The Hall–Kier alpha value is -3.49. The zero-order chi connectivity index (χ0) is 20.9. The number of rotatable bonds is 2. The zero-order valence-electron chi connectivity index (χ0n) is 17.0. The van der Waals surface area contributed by atoms with Crippen molar-refractivity contribution in [1.82, 2.24) is 29.8 Å². The number of hydrogen-bond acceptors (Lipinski definition) is 6. The molecular weight excluding hydrogens is 382 g/mol. The maximum absolute atomic E-state index is 13.0. The van der Waals surface area contributed by atoms with E-state index in [1.165, 1.54) is 0 Å². The van der Waals surface area contributed by atoms with Crippen LogP contribution in [0.4, 0.5) is 5.69 Å². The molecule has 2 N–H and O–H groups in total. The number of nitrogens with zero attached hydrogens (tertiary/aromatic N) is 5. The van der Waals surface area contributed by atoms with E-state index >= 15 is 0 Å². The van der Waals surface area contributed by atoms with E-state index in [0.717, 1.165) is 29.9 Å². The number of amides is 2. The Morgan fingerprint density at radius 1 is 1.20 bits per heavy atom. The molecule has 1 unspecified atom stereocenters. The molecule has 1 atom stereocenters. The van der Waals surface area contributed by atoms with E-state index in [9.17, 15) is 9.59 Å². The molecule has 2 aromatic heterocycles. The SMILES string of the molecule is Cc1cc(C)n2nc(CC(=O)N3CCCC4(C3)NC(=O)c3ccccc3N4)nc2n1. The van der Waals surface area contributed by atoms with Gasteiger partial charge in [0.25, 0.3) is 11.7 Å². The second-order valence-corrected chi connectivity index (χ2v) is 8.08. The van der Waals surface area contributed by atoms with Gasteiger partial charge in [0.1, 0.15) is 5.66 Å². The van der Waals surface area contributed by atoms with Gasteiger partial charge in [-0.25, -0.2) is 9.50 Å². The molecule has 1 saturated heterocycles. The van der Waals surface area contributed by atoms with Gasteiger partial charge in [-0.2, -0.15) is 4.98 Å². The minimum atomic E-state index is -0.652. The summed E-state index contributed by atoms with van der Waals surface area (Å²) in [7, 11) is 0. The van der Waals surface area contributed by atoms with Gasteiger partial charge in [-0.05, 0) is 44.9 Å². The molecule has 3 aromatic rings. The Morgan fingerprint density at radius 3 is 2.90 bits per heavy atom. The molecule has 0 aliphatic carbocycles. The van der Waals surface area contributed by atoms with E-state index in [4.69, 9.17) is 0 Å². The summed E-state index contributed by atoms with van der Waals surface area (Å²) in [6.07, 6.45) is 1.65. The summed E-state index contributed by atoms with van der Waals surface area (Å²) in [5.74, 6) is 0.780. The average molecular weight is 405 g/mol. The third kappa shape index (κ3) is 3.16. The standard InChI is InChI=1S/C21H23N7O2/c1-13-10-14(2)28-20(22-13)23-17(26-28)11-18(29)27-9-5-8-21(12-27)24-16-7-4-3-6-15(16)19(30)25-21/h3-4,6-7,10,24H,5,8-9,11-12H2,1-2H3,(H,25,30). The van der Waals surface area contributed by atoms with E-state index in [2.05, 4.69) is 25.7 Å². The van der Waals surface area contributed by atoms with Gasteiger partial charge in [0, 0.05) is 23.6 Å². The Bertz CT molecular complexity index is 1170. The van der Waals surface area contributed by atoms with Crippen molar-refractivity contribution in [3.05, 3.63) is 53.1 Å². The fraction of sp³-hybridized carbons (Fsp3) is 0.381. The van der Waals surface area contributed by atoms with E-state index in [1.807, 2.05) is 38.1 Å². The number of anilines is 1. The fourth-order valence-corrected chi connectivity index (χ4v) is 4.37. The van der Waals surface area contributed by atoms with E-state index in [0.29, 0.717) is 30.3 Å². The van der Waals surface area contributed by atoms with Gasteiger partial charge in [0.05, 0.1) is 18.5 Å². The molecule has 0 radical (unpaired) electrons. The number of aromatic nitrogens is 4. The van der Waals surface area contributed by atoms with Gasteiger partial charge in [-0.15, -0.1) is 5.10 Å². The maximum Gasteiger partial charge on any atom is 0.255 e. The van der Waals surface area contributed by atoms with Crippen molar-refractivity contribution >= 4 is 23.3 Å². The number of carbonyl (C=O) groups excluding carboxylic acids is 2. The Labute approximate surface area is 173 Å². The highest BCUT2D eigenvalue weighted by molar-refractivity contribution is 6.02. The van der Waals surface area contributed by atoms with Crippen LogP contribution < -0.4 is 10.6 Å². The number of aryl methyl sites for hydroxylation is 2. The summed E-state index contributed by atoms with van der Waals surface area (Å²) in [5, 5.41) is 11.0. The molecule has 2 aliphatic rings. The van der Waals surface area contributed by atoms with E-state index in [1.54, 1.807) is 15.5 Å². The van der Waals surface area contributed by atoms with Gasteiger partial charge in [0.15, 0.2) is 5.82 Å². The summed E-state index contributed by atoms with van der Waals surface area (Å²) in [6.45, 7) is 4.88. The lowest BCUT2D eigenvalue weighted by Crippen LogP contribution is -2.66. The number of carbonyl (C=O) groups is 2. The summed E-state index contributed by atoms with van der Waals surface area (Å²) in [5.41, 5.74) is 2.56. The lowest BCUT2D eigenvalue weighted by atomic mass is 9.93. The van der Waals surface area contributed by atoms with Gasteiger partial charge in [-0.1, -0.05) is 12.1 Å². The molecule has 2 aliphatic heterocycles.